The highest BCUT2D eigenvalue weighted by atomic mass is 35.5. The number of nitrogens with one attached hydrogen (secondary N) is 1. The first-order valence-electron chi connectivity index (χ1n) is 8.61. The Hall–Kier alpha value is -1.10. The first kappa shape index (κ1) is 16.7. The van der Waals surface area contributed by atoms with Gasteiger partial charge in [0.15, 0.2) is 0 Å². The van der Waals surface area contributed by atoms with E-state index >= 15 is 0 Å². The molecule has 0 radical (unpaired) electrons. The van der Waals surface area contributed by atoms with Gasteiger partial charge in [0.2, 0.25) is 5.91 Å². The number of halogens is 1. The fourth-order valence-corrected chi connectivity index (χ4v) is 3.78. The highest BCUT2D eigenvalue weighted by Gasteiger charge is 2.31. The summed E-state index contributed by atoms with van der Waals surface area (Å²) >= 11 is 5.90. The number of amides is 1. The zero-order valence-corrected chi connectivity index (χ0v) is 14.1. The maximum Gasteiger partial charge on any atom is 0.239 e. The van der Waals surface area contributed by atoms with Gasteiger partial charge in [0.25, 0.3) is 0 Å². The molecule has 1 amide bonds. The predicted octanol–water partition coefficient (Wildman–Crippen LogP) is 2.75. The average molecular weight is 337 g/mol. The molecule has 4 nitrogen and oxygen atoms in total. The molecule has 126 valence electrons. The molecule has 2 unspecified atom stereocenters. The van der Waals surface area contributed by atoms with E-state index in [2.05, 4.69) is 5.32 Å². The summed E-state index contributed by atoms with van der Waals surface area (Å²) in [6.07, 6.45) is 4.47. The molecule has 2 aliphatic rings. The van der Waals surface area contributed by atoms with Crippen LogP contribution in [0.5, 0.6) is 0 Å². The van der Waals surface area contributed by atoms with Crippen LogP contribution >= 0.6 is 11.6 Å². The molecule has 2 heterocycles. The number of aliphatic hydroxyl groups excluding tert-OH is 1. The zero-order valence-electron chi connectivity index (χ0n) is 13.4. The Bertz CT molecular complexity index is 520. The van der Waals surface area contributed by atoms with Gasteiger partial charge in [0.1, 0.15) is 0 Å². The molecule has 0 spiro atoms. The van der Waals surface area contributed by atoms with Crippen LogP contribution < -0.4 is 5.32 Å². The largest absolute Gasteiger partial charge is 0.388 e. The molecule has 5 heteroatoms. The van der Waals surface area contributed by atoms with Gasteiger partial charge in [-0.1, -0.05) is 30.2 Å². The van der Waals surface area contributed by atoms with Gasteiger partial charge in [-0.3, -0.25) is 4.79 Å². The second-order valence-corrected chi connectivity index (χ2v) is 7.10. The van der Waals surface area contributed by atoms with E-state index in [1.807, 2.05) is 29.2 Å². The summed E-state index contributed by atoms with van der Waals surface area (Å²) in [5.41, 5.74) is 0.910. The third kappa shape index (κ3) is 4.06. The number of carbonyl (C=O) groups excluding carboxylic acids is 1. The second-order valence-electron chi connectivity index (χ2n) is 6.66. The molecular formula is C18H25ClN2O2. The maximum absolute atomic E-state index is 12.5. The first-order valence-corrected chi connectivity index (χ1v) is 8.98. The Kier molecular flexibility index (Phi) is 5.57. The van der Waals surface area contributed by atoms with E-state index < -0.39 is 6.10 Å². The lowest BCUT2D eigenvalue weighted by atomic mass is 9.87. The molecular weight excluding hydrogens is 312 g/mol. The molecule has 2 N–H and O–H groups in total. The number of piperidine rings is 2. The van der Waals surface area contributed by atoms with Gasteiger partial charge in [-0.15, -0.1) is 0 Å². The van der Waals surface area contributed by atoms with Crippen molar-refractivity contribution in [2.24, 2.45) is 5.92 Å². The van der Waals surface area contributed by atoms with Crippen LogP contribution in [0.25, 0.3) is 0 Å². The van der Waals surface area contributed by atoms with Crippen molar-refractivity contribution in [3.63, 3.8) is 0 Å². The minimum atomic E-state index is -0.475. The first-order chi connectivity index (χ1) is 11.1. The molecule has 0 aliphatic carbocycles. The van der Waals surface area contributed by atoms with Crippen LogP contribution in [-0.2, 0) is 4.79 Å². The Labute approximate surface area is 142 Å². The van der Waals surface area contributed by atoms with E-state index in [-0.39, 0.29) is 17.9 Å². The van der Waals surface area contributed by atoms with Gasteiger partial charge in [-0.2, -0.15) is 0 Å². The normalized spacial score (nSPS) is 24.4. The minimum absolute atomic E-state index is 0.00138. The summed E-state index contributed by atoms with van der Waals surface area (Å²) in [6, 6.07) is 7.40. The predicted molar refractivity (Wildman–Crippen MR) is 91.4 cm³/mol. The van der Waals surface area contributed by atoms with Crippen LogP contribution in [0.1, 0.15) is 43.8 Å². The molecule has 2 saturated heterocycles. The molecule has 2 aliphatic heterocycles. The van der Waals surface area contributed by atoms with Crippen LogP contribution in [0.4, 0.5) is 0 Å². The van der Waals surface area contributed by atoms with Crippen LogP contribution in [0, 0.1) is 5.92 Å². The molecule has 0 saturated carbocycles. The maximum atomic E-state index is 12.5. The number of carbonyl (C=O) groups is 1. The number of hydrogen-bond donors (Lipinski definition) is 2. The number of likely N-dealkylation sites (tertiary alicyclic amines) is 1. The third-order valence-corrected chi connectivity index (χ3v) is 5.37. The van der Waals surface area contributed by atoms with E-state index in [1.165, 1.54) is 6.42 Å². The summed E-state index contributed by atoms with van der Waals surface area (Å²) in [5, 5.41) is 14.6. The van der Waals surface area contributed by atoms with Gasteiger partial charge < -0.3 is 15.3 Å². The summed E-state index contributed by atoms with van der Waals surface area (Å²) in [7, 11) is 0. The van der Waals surface area contributed by atoms with Crippen molar-refractivity contribution in [1.29, 1.82) is 0 Å². The monoisotopic (exact) mass is 336 g/mol. The third-order valence-electron chi connectivity index (χ3n) is 5.12. The second kappa shape index (κ2) is 7.65. The molecule has 3 rings (SSSR count). The summed E-state index contributed by atoms with van der Waals surface area (Å²) in [5.74, 6) is 0.448. The molecule has 2 atom stereocenters. The van der Waals surface area contributed by atoms with E-state index in [0.717, 1.165) is 50.9 Å². The molecule has 23 heavy (non-hydrogen) atoms. The number of hydrogen-bond acceptors (Lipinski definition) is 3. The summed E-state index contributed by atoms with van der Waals surface area (Å²) < 4.78 is 0. The molecule has 0 bridgehead atoms. The van der Waals surface area contributed by atoms with Gasteiger partial charge in [-0.25, -0.2) is 0 Å². The van der Waals surface area contributed by atoms with Crippen molar-refractivity contribution in [2.75, 3.05) is 19.6 Å². The number of nitrogens with zero attached hydrogens (tertiary/aromatic N) is 1. The molecule has 2 fully saturated rings. The van der Waals surface area contributed by atoms with Crippen molar-refractivity contribution in [1.82, 2.24) is 10.2 Å². The lowest BCUT2D eigenvalue weighted by Gasteiger charge is -2.37. The smallest absolute Gasteiger partial charge is 0.239 e. The highest BCUT2D eigenvalue weighted by molar-refractivity contribution is 6.30. The van der Waals surface area contributed by atoms with Crippen molar-refractivity contribution >= 4 is 17.5 Å². The fraction of sp³-hybridized carbons (Fsp3) is 0.611. The van der Waals surface area contributed by atoms with Crippen LogP contribution in [-0.4, -0.2) is 41.6 Å². The Balaban J connectivity index is 1.53. The van der Waals surface area contributed by atoms with Gasteiger partial charge in [-0.05, 0) is 55.8 Å². The average Bonchev–Trinajstić information content (AvgIpc) is 2.62. The summed E-state index contributed by atoms with van der Waals surface area (Å²) in [6.45, 7) is 2.43. The van der Waals surface area contributed by atoms with Crippen molar-refractivity contribution in [2.45, 2.75) is 44.2 Å². The van der Waals surface area contributed by atoms with Gasteiger partial charge >= 0.3 is 0 Å². The Morgan fingerprint density at radius 2 is 1.87 bits per heavy atom. The number of benzene rings is 1. The number of rotatable bonds is 3. The molecule has 0 aromatic heterocycles. The van der Waals surface area contributed by atoms with Crippen molar-refractivity contribution in [3.8, 4) is 0 Å². The Morgan fingerprint density at radius 3 is 2.48 bits per heavy atom. The zero-order chi connectivity index (χ0) is 16.2. The highest BCUT2D eigenvalue weighted by Crippen LogP contribution is 2.31. The lowest BCUT2D eigenvalue weighted by Crippen LogP contribution is -2.51. The van der Waals surface area contributed by atoms with Gasteiger partial charge in [0, 0.05) is 18.1 Å². The quantitative estimate of drug-likeness (QED) is 0.892. The van der Waals surface area contributed by atoms with Crippen LogP contribution in [0.3, 0.4) is 0 Å². The van der Waals surface area contributed by atoms with Crippen molar-refractivity contribution < 1.29 is 9.90 Å². The lowest BCUT2D eigenvalue weighted by molar-refractivity contribution is -0.136. The van der Waals surface area contributed by atoms with E-state index in [0.29, 0.717) is 5.02 Å². The molecule has 1 aromatic rings. The minimum Gasteiger partial charge on any atom is -0.388 e. The number of aliphatic hydroxyl groups is 1. The van der Waals surface area contributed by atoms with Gasteiger partial charge in [0.05, 0.1) is 12.1 Å². The van der Waals surface area contributed by atoms with E-state index in [4.69, 9.17) is 11.6 Å². The topological polar surface area (TPSA) is 52.6 Å². The molecule has 1 aromatic carbocycles. The van der Waals surface area contributed by atoms with Crippen LogP contribution in [0.2, 0.25) is 5.02 Å². The van der Waals surface area contributed by atoms with E-state index in [9.17, 15) is 9.90 Å². The van der Waals surface area contributed by atoms with Crippen LogP contribution in [0.15, 0.2) is 24.3 Å². The fourth-order valence-electron chi connectivity index (χ4n) is 3.65. The Morgan fingerprint density at radius 1 is 1.17 bits per heavy atom. The SMILES string of the molecule is O=C(C1CCCCN1)N1CCC(C(O)c2ccc(Cl)cc2)CC1. The standard InChI is InChI=1S/C18H25ClN2O2/c19-15-6-4-13(5-7-15)17(22)14-8-11-21(12-9-14)18(23)16-3-1-2-10-20-16/h4-7,14,16-17,20,22H,1-3,8-12H2. The van der Waals surface area contributed by atoms with E-state index in [1.54, 1.807) is 0 Å². The van der Waals surface area contributed by atoms with Crippen molar-refractivity contribution in [3.05, 3.63) is 34.9 Å². The summed E-state index contributed by atoms with van der Waals surface area (Å²) in [4.78, 5) is 14.5.